The maximum Gasteiger partial charge on any atom is 0.124 e. The number of methoxy groups -OCH3 is 1. The number of aliphatic hydroxyl groups is 1. The summed E-state index contributed by atoms with van der Waals surface area (Å²) in [7, 11) is 1.63. The smallest absolute Gasteiger partial charge is 0.124 e. The highest BCUT2D eigenvalue weighted by molar-refractivity contribution is 6.31. The van der Waals surface area contributed by atoms with Gasteiger partial charge in [0, 0.05) is 10.6 Å². The van der Waals surface area contributed by atoms with Gasteiger partial charge < -0.3 is 15.6 Å². The van der Waals surface area contributed by atoms with Crippen LogP contribution in [-0.2, 0) is 0 Å². The van der Waals surface area contributed by atoms with Crippen LogP contribution in [0.4, 0.5) is 0 Å². The minimum atomic E-state index is -0.403. The molecule has 1 fully saturated rings. The molecular weight excluding hydrogens is 226 g/mol. The van der Waals surface area contributed by atoms with Crippen LogP contribution in [0.3, 0.4) is 0 Å². The van der Waals surface area contributed by atoms with Crippen molar-refractivity contribution in [3.8, 4) is 5.75 Å². The molecule has 3 N–H and O–H groups in total. The van der Waals surface area contributed by atoms with Gasteiger partial charge in [-0.3, -0.25) is 0 Å². The lowest BCUT2D eigenvalue weighted by atomic mass is 10.0. The van der Waals surface area contributed by atoms with Crippen LogP contribution in [0.5, 0.6) is 5.75 Å². The lowest BCUT2D eigenvalue weighted by molar-refractivity contribution is 0.267. The Kier molecular flexibility index (Phi) is 3.38. The van der Waals surface area contributed by atoms with Crippen LogP contribution in [0.15, 0.2) is 12.1 Å². The van der Waals surface area contributed by atoms with Gasteiger partial charge in [-0.2, -0.15) is 0 Å². The molecular formula is C12H16ClNO2. The first-order valence-electron chi connectivity index (χ1n) is 5.41. The zero-order valence-electron chi connectivity index (χ0n) is 9.24. The van der Waals surface area contributed by atoms with Crippen LogP contribution in [0.1, 0.15) is 35.9 Å². The number of halogens is 1. The van der Waals surface area contributed by atoms with Crippen molar-refractivity contribution in [2.24, 2.45) is 5.73 Å². The summed E-state index contributed by atoms with van der Waals surface area (Å²) >= 11 is 6.23. The fraction of sp³-hybridized carbons (Fsp3) is 0.500. The minimum absolute atomic E-state index is 0.0950. The Morgan fingerprint density at radius 1 is 1.56 bits per heavy atom. The highest BCUT2D eigenvalue weighted by Crippen LogP contribution is 2.48. The third-order valence-corrected chi connectivity index (χ3v) is 3.26. The summed E-state index contributed by atoms with van der Waals surface area (Å²) in [5, 5.41) is 9.72. The van der Waals surface area contributed by atoms with E-state index in [1.54, 1.807) is 7.11 Å². The molecule has 1 aliphatic carbocycles. The summed E-state index contributed by atoms with van der Waals surface area (Å²) in [5.74, 6) is 1.32. The second-order valence-corrected chi connectivity index (χ2v) is 4.59. The third kappa shape index (κ3) is 2.17. The Bertz CT molecular complexity index is 391. The van der Waals surface area contributed by atoms with E-state index in [4.69, 9.17) is 27.2 Å². The summed E-state index contributed by atoms with van der Waals surface area (Å²) in [4.78, 5) is 0. The van der Waals surface area contributed by atoms with E-state index in [0.29, 0.717) is 10.9 Å². The van der Waals surface area contributed by atoms with Gasteiger partial charge in [0.25, 0.3) is 0 Å². The van der Waals surface area contributed by atoms with Crippen molar-refractivity contribution in [1.29, 1.82) is 0 Å². The largest absolute Gasteiger partial charge is 0.496 e. The van der Waals surface area contributed by atoms with Crippen LogP contribution >= 0.6 is 11.6 Å². The normalized spacial score (nSPS) is 17.2. The second-order valence-electron chi connectivity index (χ2n) is 4.18. The molecule has 1 atom stereocenters. The van der Waals surface area contributed by atoms with Gasteiger partial charge in [-0.05, 0) is 36.5 Å². The number of hydrogen-bond donors (Lipinski definition) is 2. The van der Waals surface area contributed by atoms with E-state index in [1.165, 1.54) is 12.8 Å². The predicted molar refractivity (Wildman–Crippen MR) is 64.0 cm³/mol. The lowest BCUT2D eigenvalue weighted by Crippen LogP contribution is -2.14. The molecule has 0 bridgehead atoms. The summed E-state index contributed by atoms with van der Waals surface area (Å²) in [6.07, 6.45) is 2.34. The van der Waals surface area contributed by atoms with Gasteiger partial charge in [0.15, 0.2) is 0 Å². The van der Waals surface area contributed by atoms with E-state index in [1.807, 2.05) is 12.1 Å². The first kappa shape index (κ1) is 11.7. The van der Waals surface area contributed by atoms with E-state index in [2.05, 4.69) is 0 Å². The molecule has 3 nitrogen and oxygen atoms in total. The van der Waals surface area contributed by atoms with Crippen LogP contribution < -0.4 is 10.5 Å². The Labute approximate surface area is 100 Å². The van der Waals surface area contributed by atoms with Crippen molar-refractivity contribution in [2.45, 2.75) is 24.8 Å². The summed E-state index contributed by atoms with van der Waals surface area (Å²) in [5.41, 5.74) is 7.66. The molecule has 0 aliphatic heterocycles. The zero-order chi connectivity index (χ0) is 11.7. The van der Waals surface area contributed by atoms with Crippen molar-refractivity contribution >= 4 is 11.6 Å². The molecule has 1 aliphatic rings. The summed E-state index contributed by atoms with van der Waals surface area (Å²) in [6.45, 7) is -0.0950. The predicted octanol–water partition coefficient (Wildman–Crippen LogP) is 2.22. The monoisotopic (exact) mass is 241 g/mol. The maximum absolute atomic E-state index is 9.02. The zero-order valence-corrected chi connectivity index (χ0v) is 10.00. The number of rotatable bonds is 4. The van der Waals surface area contributed by atoms with Crippen LogP contribution in [-0.4, -0.2) is 18.8 Å². The molecule has 0 amide bonds. The van der Waals surface area contributed by atoms with E-state index >= 15 is 0 Å². The minimum Gasteiger partial charge on any atom is -0.496 e. The van der Waals surface area contributed by atoms with Gasteiger partial charge in [-0.25, -0.2) is 0 Å². The molecule has 16 heavy (non-hydrogen) atoms. The van der Waals surface area contributed by atoms with E-state index in [0.717, 1.165) is 16.9 Å². The quantitative estimate of drug-likeness (QED) is 0.850. The standard InChI is InChI=1S/C12H16ClNO2/c1-16-11-5-8(10(14)6-15)4-9(13)12(11)7-2-3-7/h4-5,7,10,15H,2-3,6,14H2,1H3. The molecule has 0 saturated heterocycles. The van der Waals surface area contributed by atoms with E-state index < -0.39 is 6.04 Å². The molecule has 88 valence electrons. The number of aliphatic hydroxyl groups excluding tert-OH is 1. The molecule has 2 rings (SSSR count). The second kappa shape index (κ2) is 4.62. The molecule has 0 radical (unpaired) electrons. The van der Waals surface area contributed by atoms with Gasteiger partial charge in [0.05, 0.1) is 19.8 Å². The Morgan fingerprint density at radius 2 is 2.25 bits per heavy atom. The van der Waals surface area contributed by atoms with Gasteiger partial charge >= 0.3 is 0 Å². The Balaban J connectivity index is 2.41. The van der Waals surface area contributed by atoms with Gasteiger partial charge in [-0.15, -0.1) is 0 Å². The van der Waals surface area contributed by atoms with Crippen LogP contribution in [0.2, 0.25) is 5.02 Å². The van der Waals surface area contributed by atoms with Crippen molar-refractivity contribution in [1.82, 2.24) is 0 Å². The van der Waals surface area contributed by atoms with Crippen LogP contribution in [0, 0.1) is 0 Å². The first-order valence-corrected chi connectivity index (χ1v) is 5.79. The molecule has 1 saturated carbocycles. The number of ether oxygens (including phenoxy) is 1. The van der Waals surface area contributed by atoms with Crippen LogP contribution in [0.25, 0.3) is 0 Å². The number of hydrogen-bond acceptors (Lipinski definition) is 3. The molecule has 0 aromatic heterocycles. The summed E-state index contributed by atoms with van der Waals surface area (Å²) < 4.78 is 5.34. The fourth-order valence-corrected chi connectivity index (χ4v) is 2.24. The Hall–Kier alpha value is -0.770. The highest BCUT2D eigenvalue weighted by atomic mass is 35.5. The molecule has 0 heterocycles. The summed E-state index contributed by atoms with van der Waals surface area (Å²) in [6, 6.07) is 3.30. The molecule has 1 aromatic rings. The van der Waals surface area contributed by atoms with Gasteiger partial charge in [0.2, 0.25) is 0 Å². The van der Waals surface area contributed by atoms with Gasteiger partial charge in [-0.1, -0.05) is 11.6 Å². The average molecular weight is 242 g/mol. The SMILES string of the molecule is COc1cc(C(N)CO)cc(Cl)c1C1CC1. The Morgan fingerprint density at radius 3 is 2.75 bits per heavy atom. The van der Waals surface area contributed by atoms with Crippen molar-refractivity contribution in [3.05, 3.63) is 28.3 Å². The number of nitrogens with two attached hydrogens (primary N) is 1. The maximum atomic E-state index is 9.02. The molecule has 1 aromatic carbocycles. The molecule has 0 spiro atoms. The third-order valence-electron chi connectivity index (χ3n) is 2.94. The topological polar surface area (TPSA) is 55.5 Å². The van der Waals surface area contributed by atoms with E-state index in [9.17, 15) is 0 Å². The van der Waals surface area contributed by atoms with E-state index in [-0.39, 0.29) is 6.61 Å². The average Bonchev–Trinajstić information content (AvgIpc) is 3.10. The fourth-order valence-electron chi connectivity index (χ4n) is 1.87. The van der Waals surface area contributed by atoms with Crippen molar-refractivity contribution in [2.75, 3.05) is 13.7 Å². The van der Waals surface area contributed by atoms with Crippen molar-refractivity contribution < 1.29 is 9.84 Å². The molecule has 1 unspecified atom stereocenters. The van der Waals surface area contributed by atoms with Crippen molar-refractivity contribution in [3.63, 3.8) is 0 Å². The first-order chi connectivity index (χ1) is 7.67. The molecule has 4 heteroatoms. The number of benzene rings is 1. The highest BCUT2D eigenvalue weighted by Gasteiger charge is 2.29. The van der Waals surface area contributed by atoms with Gasteiger partial charge in [0.1, 0.15) is 5.75 Å². The lowest BCUT2D eigenvalue weighted by Gasteiger charge is -2.15.